The Balaban J connectivity index is 1.67. The van der Waals surface area contributed by atoms with Gasteiger partial charge in [-0.2, -0.15) is 0 Å². The zero-order chi connectivity index (χ0) is 18.0. The standard InChI is InChI=1S/C20H23N3O2/c1-14-12-16(3)18(13-15(14)2)20(25)23-10-8-22(9-11-23)19(24)17-4-6-21-7-5-17/h4-7,12-13H,8-11H2,1-3H3. The molecule has 0 saturated carbocycles. The first-order valence-electron chi connectivity index (χ1n) is 8.54. The van der Waals surface area contributed by atoms with E-state index in [4.69, 9.17) is 0 Å². The van der Waals surface area contributed by atoms with Crippen LogP contribution >= 0.6 is 0 Å². The van der Waals surface area contributed by atoms with Crippen LogP contribution in [0.25, 0.3) is 0 Å². The fourth-order valence-electron chi connectivity index (χ4n) is 3.15. The summed E-state index contributed by atoms with van der Waals surface area (Å²) in [5, 5.41) is 0. The minimum Gasteiger partial charge on any atom is -0.335 e. The van der Waals surface area contributed by atoms with Gasteiger partial charge in [0.15, 0.2) is 0 Å². The Hall–Kier alpha value is -2.69. The van der Waals surface area contributed by atoms with Crippen LogP contribution < -0.4 is 0 Å². The quantitative estimate of drug-likeness (QED) is 0.846. The maximum atomic E-state index is 12.8. The van der Waals surface area contributed by atoms with E-state index < -0.39 is 0 Å². The number of rotatable bonds is 2. The van der Waals surface area contributed by atoms with Crippen molar-refractivity contribution < 1.29 is 9.59 Å². The summed E-state index contributed by atoms with van der Waals surface area (Å²) in [5.74, 6) is 0.0495. The maximum Gasteiger partial charge on any atom is 0.254 e. The molecule has 0 aliphatic carbocycles. The van der Waals surface area contributed by atoms with E-state index in [9.17, 15) is 9.59 Å². The number of amides is 2. The predicted molar refractivity (Wildman–Crippen MR) is 96.7 cm³/mol. The smallest absolute Gasteiger partial charge is 0.254 e. The van der Waals surface area contributed by atoms with Crippen LogP contribution in [0.2, 0.25) is 0 Å². The van der Waals surface area contributed by atoms with E-state index in [0.717, 1.165) is 16.7 Å². The molecule has 0 bridgehead atoms. The van der Waals surface area contributed by atoms with Gasteiger partial charge in [-0.3, -0.25) is 14.6 Å². The number of aryl methyl sites for hydroxylation is 3. The summed E-state index contributed by atoms with van der Waals surface area (Å²) in [4.78, 5) is 32.9. The van der Waals surface area contributed by atoms with Crippen molar-refractivity contribution in [3.05, 3.63) is 64.5 Å². The molecule has 1 saturated heterocycles. The van der Waals surface area contributed by atoms with E-state index >= 15 is 0 Å². The van der Waals surface area contributed by atoms with Crippen molar-refractivity contribution in [3.63, 3.8) is 0 Å². The number of carbonyl (C=O) groups excluding carboxylic acids is 2. The van der Waals surface area contributed by atoms with Gasteiger partial charge in [-0.1, -0.05) is 6.07 Å². The molecule has 5 heteroatoms. The molecule has 130 valence electrons. The Morgan fingerprint density at radius 1 is 0.800 bits per heavy atom. The van der Waals surface area contributed by atoms with Crippen LogP contribution in [0, 0.1) is 20.8 Å². The molecule has 2 amide bonds. The topological polar surface area (TPSA) is 53.5 Å². The Morgan fingerprint density at radius 2 is 1.32 bits per heavy atom. The van der Waals surface area contributed by atoms with Crippen molar-refractivity contribution in [1.29, 1.82) is 0 Å². The Labute approximate surface area is 148 Å². The van der Waals surface area contributed by atoms with Gasteiger partial charge in [-0.25, -0.2) is 0 Å². The summed E-state index contributed by atoms with van der Waals surface area (Å²) in [5.41, 5.74) is 4.72. The average Bonchev–Trinajstić information content (AvgIpc) is 2.64. The van der Waals surface area contributed by atoms with Gasteiger partial charge < -0.3 is 9.80 Å². The first-order chi connectivity index (χ1) is 12.0. The number of nitrogens with zero attached hydrogens (tertiary/aromatic N) is 3. The third-order valence-electron chi connectivity index (χ3n) is 4.85. The molecule has 0 radical (unpaired) electrons. The molecule has 1 fully saturated rings. The first kappa shape index (κ1) is 17.1. The number of carbonyl (C=O) groups is 2. The molecule has 0 unspecified atom stereocenters. The molecule has 1 aliphatic heterocycles. The molecule has 1 aromatic carbocycles. The minimum atomic E-state index is -0.00291. The normalized spacial score (nSPS) is 14.5. The van der Waals surface area contributed by atoms with Gasteiger partial charge in [-0.05, 0) is 55.7 Å². The van der Waals surface area contributed by atoms with Crippen molar-refractivity contribution in [2.45, 2.75) is 20.8 Å². The Kier molecular flexibility index (Phi) is 4.83. The summed E-state index contributed by atoms with van der Waals surface area (Å²) < 4.78 is 0. The van der Waals surface area contributed by atoms with Gasteiger partial charge in [0.05, 0.1) is 0 Å². The first-order valence-corrected chi connectivity index (χ1v) is 8.54. The monoisotopic (exact) mass is 337 g/mol. The van der Waals surface area contributed by atoms with Gasteiger partial charge >= 0.3 is 0 Å². The summed E-state index contributed by atoms with van der Waals surface area (Å²) >= 11 is 0. The molecule has 1 aliphatic rings. The maximum absolute atomic E-state index is 12.8. The van der Waals surface area contributed by atoms with Crippen LogP contribution in [0.15, 0.2) is 36.7 Å². The van der Waals surface area contributed by atoms with Crippen molar-refractivity contribution in [1.82, 2.24) is 14.8 Å². The van der Waals surface area contributed by atoms with Crippen molar-refractivity contribution in [3.8, 4) is 0 Å². The van der Waals surface area contributed by atoms with Crippen LogP contribution in [0.1, 0.15) is 37.4 Å². The van der Waals surface area contributed by atoms with Crippen LogP contribution in [0.4, 0.5) is 0 Å². The van der Waals surface area contributed by atoms with E-state index in [2.05, 4.69) is 18.0 Å². The van der Waals surface area contributed by atoms with Crippen molar-refractivity contribution in [2.75, 3.05) is 26.2 Å². The molecule has 2 heterocycles. The molecule has 25 heavy (non-hydrogen) atoms. The van der Waals surface area contributed by atoms with E-state index in [1.54, 1.807) is 29.4 Å². The largest absolute Gasteiger partial charge is 0.335 e. The molecule has 2 aromatic rings. The van der Waals surface area contributed by atoms with Crippen LogP contribution in [-0.2, 0) is 0 Å². The summed E-state index contributed by atoms with van der Waals surface area (Å²) in [6.45, 7) is 8.28. The highest BCUT2D eigenvalue weighted by Gasteiger charge is 2.26. The van der Waals surface area contributed by atoms with Gasteiger partial charge in [0.1, 0.15) is 0 Å². The van der Waals surface area contributed by atoms with Crippen LogP contribution in [-0.4, -0.2) is 52.8 Å². The fraction of sp³-hybridized carbons (Fsp3) is 0.350. The van der Waals surface area contributed by atoms with Crippen molar-refractivity contribution in [2.24, 2.45) is 0 Å². The number of hydrogen-bond acceptors (Lipinski definition) is 3. The van der Waals surface area contributed by atoms with E-state index in [-0.39, 0.29) is 11.8 Å². The summed E-state index contributed by atoms with van der Waals surface area (Å²) in [7, 11) is 0. The second-order valence-electron chi connectivity index (χ2n) is 6.57. The second-order valence-corrected chi connectivity index (χ2v) is 6.57. The number of piperazine rings is 1. The molecule has 3 rings (SSSR count). The molecule has 0 atom stereocenters. The highest BCUT2D eigenvalue weighted by molar-refractivity contribution is 5.97. The number of hydrogen-bond donors (Lipinski definition) is 0. The molecular formula is C20H23N3O2. The van der Waals surface area contributed by atoms with E-state index in [0.29, 0.717) is 31.7 Å². The highest BCUT2D eigenvalue weighted by atomic mass is 16.2. The Bertz CT molecular complexity index is 794. The van der Waals surface area contributed by atoms with Gasteiger partial charge in [-0.15, -0.1) is 0 Å². The molecule has 0 spiro atoms. The van der Waals surface area contributed by atoms with Crippen LogP contribution in [0.3, 0.4) is 0 Å². The van der Waals surface area contributed by atoms with Gasteiger partial charge in [0.2, 0.25) is 0 Å². The minimum absolute atomic E-state index is 0.00291. The van der Waals surface area contributed by atoms with E-state index in [1.165, 1.54) is 5.56 Å². The lowest BCUT2D eigenvalue weighted by Crippen LogP contribution is -2.50. The van der Waals surface area contributed by atoms with Gasteiger partial charge in [0, 0.05) is 49.7 Å². The van der Waals surface area contributed by atoms with Gasteiger partial charge in [0.25, 0.3) is 11.8 Å². The lowest BCUT2D eigenvalue weighted by molar-refractivity contribution is 0.0535. The summed E-state index contributed by atoms with van der Waals surface area (Å²) in [6.07, 6.45) is 3.24. The lowest BCUT2D eigenvalue weighted by atomic mass is 10.00. The molecule has 0 N–H and O–H groups in total. The lowest BCUT2D eigenvalue weighted by Gasteiger charge is -2.35. The Morgan fingerprint density at radius 3 is 1.92 bits per heavy atom. The number of benzene rings is 1. The third-order valence-corrected chi connectivity index (χ3v) is 4.85. The second kappa shape index (κ2) is 7.05. The number of pyridine rings is 1. The molecular weight excluding hydrogens is 314 g/mol. The third kappa shape index (κ3) is 3.55. The predicted octanol–water partition coefficient (Wildman–Crippen LogP) is 2.61. The number of aromatic nitrogens is 1. The zero-order valence-corrected chi connectivity index (χ0v) is 15.0. The zero-order valence-electron chi connectivity index (χ0n) is 15.0. The highest BCUT2D eigenvalue weighted by Crippen LogP contribution is 2.18. The molecule has 1 aromatic heterocycles. The molecule has 5 nitrogen and oxygen atoms in total. The van der Waals surface area contributed by atoms with E-state index in [1.807, 2.05) is 24.8 Å². The van der Waals surface area contributed by atoms with Crippen molar-refractivity contribution >= 4 is 11.8 Å². The van der Waals surface area contributed by atoms with Crippen LogP contribution in [0.5, 0.6) is 0 Å². The average molecular weight is 337 g/mol. The fourth-order valence-corrected chi connectivity index (χ4v) is 3.15. The SMILES string of the molecule is Cc1cc(C)c(C(=O)N2CCN(C(=O)c3ccncc3)CC2)cc1C. The summed E-state index contributed by atoms with van der Waals surface area (Å²) in [6, 6.07) is 7.48.